The van der Waals surface area contributed by atoms with E-state index in [1.165, 1.54) is 18.2 Å². The Balaban J connectivity index is 1.17. The minimum Gasteiger partial charge on any atom is -0.461 e. The van der Waals surface area contributed by atoms with Crippen LogP contribution < -0.4 is 18.7 Å². The second-order valence-corrected chi connectivity index (χ2v) is 17.0. The number of aryl methyl sites for hydroxylation is 1. The maximum absolute atomic E-state index is 15.0. The van der Waals surface area contributed by atoms with E-state index in [2.05, 4.69) is 9.80 Å². The molecule has 0 bridgehead atoms. The van der Waals surface area contributed by atoms with E-state index in [-0.39, 0.29) is 34.8 Å². The van der Waals surface area contributed by atoms with Crippen molar-refractivity contribution in [2.24, 2.45) is 0 Å². The van der Waals surface area contributed by atoms with Gasteiger partial charge < -0.3 is 23.8 Å². The number of β-amino-alcohol motifs (C(OH)–C–C–N with tert-alkyl or cyclic N) is 1. The zero-order valence-electron chi connectivity index (χ0n) is 29.2. The van der Waals surface area contributed by atoms with Gasteiger partial charge in [-0.15, -0.1) is 0 Å². The Bertz CT molecular complexity index is 2140. The van der Waals surface area contributed by atoms with Crippen molar-refractivity contribution in [3.05, 3.63) is 76.2 Å². The Hall–Kier alpha value is -3.78. The third-order valence-corrected chi connectivity index (χ3v) is 12.7. The fraction of sp³-hybridized carbons (Fsp3) is 0.474. The fourth-order valence-electron chi connectivity index (χ4n) is 8.49. The van der Waals surface area contributed by atoms with E-state index in [4.69, 9.17) is 30.5 Å². The molecule has 4 aromatic rings. The summed E-state index contributed by atoms with van der Waals surface area (Å²) in [5.74, 6) is 0.155. The normalized spacial score (nSPS) is 25.0. The van der Waals surface area contributed by atoms with Gasteiger partial charge in [-0.05, 0) is 82.1 Å². The van der Waals surface area contributed by atoms with Crippen LogP contribution in [0.15, 0.2) is 53.4 Å². The molecule has 3 fully saturated rings. The van der Waals surface area contributed by atoms with Crippen molar-refractivity contribution in [3.63, 3.8) is 0 Å². The van der Waals surface area contributed by atoms with Gasteiger partial charge in [0.15, 0.2) is 0 Å². The number of rotatable bonds is 8. The molecule has 5 heterocycles. The van der Waals surface area contributed by atoms with Gasteiger partial charge >= 0.3 is 16.1 Å². The Morgan fingerprint density at radius 2 is 1.83 bits per heavy atom. The van der Waals surface area contributed by atoms with Crippen LogP contribution in [-0.4, -0.2) is 85.0 Å². The Morgan fingerprint density at radius 3 is 2.62 bits per heavy atom. The lowest BCUT2D eigenvalue weighted by Gasteiger charge is -2.40. The van der Waals surface area contributed by atoms with Crippen LogP contribution in [0.3, 0.4) is 0 Å². The van der Waals surface area contributed by atoms with E-state index in [1.807, 2.05) is 18.7 Å². The highest BCUT2D eigenvalue weighted by Crippen LogP contribution is 2.43. The van der Waals surface area contributed by atoms with Crippen molar-refractivity contribution in [3.8, 4) is 11.8 Å². The maximum atomic E-state index is 15.0. The summed E-state index contributed by atoms with van der Waals surface area (Å²) in [7, 11) is -4.19. The third kappa shape index (κ3) is 6.65. The summed E-state index contributed by atoms with van der Waals surface area (Å²) >= 11 is 6.62. The molecule has 52 heavy (non-hydrogen) atoms. The van der Waals surface area contributed by atoms with Crippen molar-refractivity contribution in [1.82, 2.24) is 14.9 Å². The number of aliphatic hydroxyl groups is 1. The Morgan fingerprint density at radius 1 is 1.04 bits per heavy atom. The SMILES string of the molecule is Cc1ccc(S(=O)(=O)Oc2cc(N3CCc4c(nc(OC[C@@]56CCCN5C[C@H](F)C6)nc4N4CCC[C@@](C)(O)C4)C3)c3c(Cl)c(F)ccc3c2)cc1. The second-order valence-electron chi connectivity index (χ2n) is 15.1. The Labute approximate surface area is 307 Å². The number of alkyl halides is 1. The monoisotopic (exact) mass is 753 g/mol. The number of hydrogen-bond acceptors (Lipinski definition) is 10. The van der Waals surface area contributed by atoms with E-state index >= 15 is 0 Å². The number of benzene rings is 3. The summed E-state index contributed by atoms with van der Waals surface area (Å²) in [6.07, 6.45) is 3.32. The van der Waals surface area contributed by atoms with Crippen LogP contribution >= 0.6 is 11.6 Å². The molecule has 4 aliphatic rings. The van der Waals surface area contributed by atoms with Crippen LogP contribution in [0.4, 0.5) is 20.3 Å². The molecule has 0 amide bonds. The topological polar surface area (TPSA) is 108 Å². The van der Waals surface area contributed by atoms with Gasteiger partial charge in [0.1, 0.15) is 35.1 Å². The first-order valence-corrected chi connectivity index (χ1v) is 19.6. The van der Waals surface area contributed by atoms with Crippen molar-refractivity contribution in [1.29, 1.82) is 0 Å². The fourth-order valence-corrected chi connectivity index (χ4v) is 9.68. The highest BCUT2D eigenvalue weighted by molar-refractivity contribution is 7.87. The minimum atomic E-state index is -4.19. The van der Waals surface area contributed by atoms with Crippen LogP contribution in [0.5, 0.6) is 11.8 Å². The molecule has 1 aromatic heterocycles. The number of hydrogen-bond donors (Lipinski definition) is 1. The third-order valence-electron chi connectivity index (χ3n) is 11.0. The lowest BCUT2D eigenvalue weighted by Crippen LogP contribution is -2.47. The quantitative estimate of drug-likeness (QED) is 0.204. The predicted molar refractivity (Wildman–Crippen MR) is 195 cm³/mol. The molecule has 0 radical (unpaired) electrons. The largest absolute Gasteiger partial charge is 0.461 e. The standard InChI is InChI=1S/C38H42ClF2N5O5S/c1-24-5-8-28(9-6-24)52(48,49)51-27-17-25-7-10-30(41)34(39)33(25)32(18-27)44-16-11-29-31(21-44)42-36(43-35(29)45-14-3-12-37(2,47)22-45)50-23-38-13-4-15-46(38)20-26(40)19-38/h5-10,17-18,26,47H,3-4,11-16,19-23H2,1-2H3/t26-,37-,38+/m1/s1. The van der Waals surface area contributed by atoms with E-state index in [9.17, 15) is 22.3 Å². The molecule has 3 saturated heterocycles. The molecular formula is C38H42ClF2N5O5S. The van der Waals surface area contributed by atoms with Crippen molar-refractivity contribution < 1.29 is 31.2 Å². The predicted octanol–water partition coefficient (Wildman–Crippen LogP) is 6.37. The molecule has 14 heteroatoms. The summed E-state index contributed by atoms with van der Waals surface area (Å²) in [5, 5.41) is 11.9. The summed E-state index contributed by atoms with van der Waals surface area (Å²) in [5.41, 5.74) is 1.73. The molecule has 10 nitrogen and oxygen atoms in total. The number of piperidine rings is 1. The zero-order chi connectivity index (χ0) is 36.4. The smallest absolute Gasteiger partial charge is 0.339 e. The number of anilines is 2. The van der Waals surface area contributed by atoms with Gasteiger partial charge in [0.2, 0.25) is 0 Å². The molecule has 8 rings (SSSR count). The van der Waals surface area contributed by atoms with Crippen LogP contribution in [-0.2, 0) is 23.1 Å². The summed E-state index contributed by atoms with van der Waals surface area (Å²) in [6.45, 7) is 7.02. The van der Waals surface area contributed by atoms with Crippen molar-refractivity contribution in [2.45, 2.75) is 81.1 Å². The number of fused-ring (bicyclic) bond motifs is 3. The van der Waals surface area contributed by atoms with E-state index in [0.29, 0.717) is 73.4 Å². The first-order valence-electron chi connectivity index (χ1n) is 17.9. The minimum absolute atomic E-state index is 0.0112. The maximum Gasteiger partial charge on any atom is 0.339 e. The van der Waals surface area contributed by atoms with Gasteiger partial charge in [0, 0.05) is 49.6 Å². The van der Waals surface area contributed by atoms with Crippen LogP contribution in [0, 0.1) is 12.7 Å². The molecule has 0 spiro atoms. The van der Waals surface area contributed by atoms with E-state index < -0.39 is 33.2 Å². The first-order chi connectivity index (χ1) is 24.8. The summed E-state index contributed by atoms with van der Waals surface area (Å²) in [4.78, 5) is 16.1. The lowest BCUT2D eigenvalue weighted by atomic mass is 9.94. The highest BCUT2D eigenvalue weighted by atomic mass is 35.5. The van der Waals surface area contributed by atoms with E-state index in [0.717, 1.165) is 36.9 Å². The lowest BCUT2D eigenvalue weighted by molar-refractivity contribution is 0.0445. The van der Waals surface area contributed by atoms with Gasteiger partial charge in [0.05, 0.1) is 34.1 Å². The van der Waals surface area contributed by atoms with Gasteiger partial charge in [-0.25, -0.2) is 8.78 Å². The highest BCUT2D eigenvalue weighted by Gasteiger charge is 2.49. The van der Waals surface area contributed by atoms with Gasteiger partial charge in [-0.2, -0.15) is 18.4 Å². The number of halogens is 3. The number of nitrogens with zero attached hydrogens (tertiary/aromatic N) is 5. The molecule has 0 unspecified atom stereocenters. The van der Waals surface area contributed by atoms with E-state index in [1.54, 1.807) is 30.3 Å². The average Bonchev–Trinajstić information content (AvgIpc) is 3.63. The molecule has 4 aliphatic heterocycles. The molecule has 276 valence electrons. The van der Waals surface area contributed by atoms with Crippen LogP contribution in [0.25, 0.3) is 10.8 Å². The summed E-state index contributed by atoms with van der Waals surface area (Å²) < 4.78 is 68.3. The zero-order valence-corrected chi connectivity index (χ0v) is 30.8. The first kappa shape index (κ1) is 35.3. The molecule has 1 N–H and O–H groups in total. The number of ether oxygens (including phenoxy) is 1. The molecule has 0 aliphatic carbocycles. The molecule has 0 saturated carbocycles. The number of aromatic nitrogens is 2. The summed E-state index contributed by atoms with van der Waals surface area (Å²) in [6, 6.07) is 12.5. The van der Waals surface area contributed by atoms with Crippen LogP contribution in [0.2, 0.25) is 5.02 Å². The Kier molecular flexibility index (Phi) is 8.99. The van der Waals surface area contributed by atoms with Crippen molar-refractivity contribution >= 4 is 44.0 Å². The molecule has 3 atom stereocenters. The van der Waals surface area contributed by atoms with Crippen molar-refractivity contribution in [2.75, 3.05) is 49.1 Å². The molecule has 3 aromatic carbocycles. The second kappa shape index (κ2) is 13.3. The molecular weight excluding hydrogens is 712 g/mol. The van der Waals surface area contributed by atoms with Gasteiger partial charge in [-0.1, -0.05) is 35.4 Å². The van der Waals surface area contributed by atoms with Crippen LogP contribution in [0.1, 0.15) is 55.8 Å². The average molecular weight is 754 g/mol. The van der Waals surface area contributed by atoms with Gasteiger partial charge in [0.25, 0.3) is 0 Å². The van der Waals surface area contributed by atoms with Gasteiger partial charge in [-0.3, -0.25) is 4.90 Å².